The summed E-state index contributed by atoms with van der Waals surface area (Å²) < 4.78 is 13.7. The van der Waals surface area contributed by atoms with Crippen molar-refractivity contribution in [3.63, 3.8) is 0 Å². The molecule has 10 aromatic carbocycles. The minimum atomic E-state index is 0.843. The molecule has 0 fully saturated rings. The van der Waals surface area contributed by atoms with Gasteiger partial charge in [-0.2, -0.15) is 0 Å². The standard InChI is InChI=1S/C56H36N2O2/c1-4-17-37(18-5-1)42-23-12-14-28-50(42)58(51-29-16-27-46-44-25-13-15-30-52(44)59-55(46)51)40-31-33-47-49(35-40)43-24-10-11-26-45(43)54-48-34-32-41(36-53(48)60-56(47)54)57(38-19-6-2-7-20-38)39-21-8-3-9-22-39/h1-36H. The Morgan fingerprint density at radius 1 is 0.283 bits per heavy atom. The van der Waals surface area contributed by atoms with Gasteiger partial charge >= 0.3 is 0 Å². The van der Waals surface area contributed by atoms with Crippen LogP contribution in [-0.2, 0) is 0 Å². The van der Waals surface area contributed by atoms with Gasteiger partial charge in [-0.15, -0.1) is 0 Å². The first-order valence-electron chi connectivity index (χ1n) is 20.3. The molecule has 0 N–H and O–H groups in total. The fourth-order valence-electron chi connectivity index (χ4n) is 9.16. The molecule has 0 aliphatic carbocycles. The van der Waals surface area contributed by atoms with Gasteiger partial charge in [0.05, 0.1) is 11.4 Å². The quantitative estimate of drug-likeness (QED) is 0.151. The Hall–Kier alpha value is -8.08. The zero-order valence-electron chi connectivity index (χ0n) is 32.5. The Morgan fingerprint density at radius 3 is 1.60 bits per heavy atom. The van der Waals surface area contributed by atoms with Crippen molar-refractivity contribution in [1.29, 1.82) is 0 Å². The topological polar surface area (TPSA) is 32.8 Å². The lowest BCUT2D eigenvalue weighted by molar-refractivity contribution is 0.669. The van der Waals surface area contributed by atoms with Gasteiger partial charge in [-0.1, -0.05) is 140 Å². The molecule has 2 aromatic heterocycles. The van der Waals surface area contributed by atoms with E-state index in [9.17, 15) is 0 Å². The lowest BCUT2D eigenvalue weighted by Gasteiger charge is -2.28. The molecule has 12 aromatic rings. The molecule has 60 heavy (non-hydrogen) atoms. The Morgan fingerprint density at radius 2 is 0.833 bits per heavy atom. The van der Waals surface area contributed by atoms with Gasteiger partial charge in [0.15, 0.2) is 5.58 Å². The van der Waals surface area contributed by atoms with Crippen molar-refractivity contribution >= 4 is 99.5 Å². The summed E-state index contributed by atoms with van der Waals surface area (Å²) in [6.45, 7) is 0. The Labute approximate surface area is 346 Å². The summed E-state index contributed by atoms with van der Waals surface area (Å²) in [7, 11) is 0. The van der Waals surface area contributed by atoms with E-state index in [0.717, 1.165) is 105 Å². The van der Waals surface area contributed by atoms with Gasteiger partial charge in [0.1, 0.15) is 16.7 Å². The first-order valence-corrected chi connectivity index (χ1v) is 20.3. The first-order chi connectivity index (χ1) is 29.8. The molecule has 0 radical (unpaired) electrons. The maximum Gasteiger partial charge on any atom is 0.159 e. The number of hydrogen-bond donors (Lipinski definition) is 0. The van der Waals surface area contributed by atoms with Gasteiger partial charge in [0.25, 0.3) is 0 Å². The van der Waals surface area contributed by atoms with Crippen LogP contribution in [0.25, 0.3) is 76.5 Å². The van der Waals surface area contributed by atoms with Crippen LogP contribution in [0.5, 0.6) is 0 Å². The van der Waals surface area contributed by atoms with Crippen molar-refractivity contribution in [3.8, 4) is 11.1 Å². The van der Waals surface area contributed by atoms with E-state index in [4.69, 9.17) is 8.83 Å². The number of benzene rings is 10. The number of nitrogens with zero attached hydrogens (tertiary/aromatic N) is 2. The van der Waals surface area contributed by atoms with E-state index >= 15 is 0 Å². The summed E-state index contributed by atoms with van der Waals surface area (Å²) in [5.41, 5.74) is 11.9. The summed E-state index contributed by atoms with van der Waals surface area (Å²) in [5, 5.41) is 8.89. The normalized spacial score (nSPS) is 11.7. The van der Waals surface area contributed by atoms with Gasteiger partial charge in [-0.25, -0.2) is 0 Å². The third-order valence-corrected chi connectivity index (χ3v) is 11.8. The summed E-state index contributed by atoms with van der Waals surface area (Å²) in [6.07, 6.45) is 0. The minimum absolute atomic E-state index is 0.843. The van der Waals surface area contributed by atoms with Crippen molar-refractivity contribution in [2.45, 2.75) is 0 Å². The average molecular weight is 769 g/mol. The molecule has 282 valence electrons. The Bertz CT molecular complexity index is 3510. The fraction of sp³-hybridized carbons (Fsp3) is 0. The van der Waals surface area contributed by atoms with Crippen LogP contribution in [0.4, 0.5) is 34.1 Å². The van der Waals surface area contributed by atoms with Crippen LogP contribution in [0.1, 0.15) is 0 Å². The smallest absolute Gasteiger partial charge is 0.159 e. The number of para-hydroxylation sites is 5. The van der Waals surface area contributed by atoms with Gasteiger partial charge in [-0.05, 0) is 94.5 Å². The number of fused-ring (bicyclic) bond motifs is 11. The summed E-state index contributed by atoms with van der Waals surface area (Å²) in [6, 6.07) is 77.1. The van der Waals surface area contributed by atoms with Crippen LogP contribution in [0.3, 0.4) is 0 Å². The molecule has 0 spiro atoms. The summed E-state index contributed by atoms with van der Waals surface area (Å²) in [5.74, 6) is 0. The molecule has 0 bridgehead atoms. The molecule has 0 atom stereocenters. The highest BCUT2D eigenvalue weighted by Gasteiger charge is 2.24. The van der Waals surface area contributed by atoms with Crippen molar-refractivity contribution in [2.24, 2.45) is 0 Å². The molecule has 0 amide bonds. The number of furan rings is 2. The zero-order chi connectivity index (χ0) is 39.6. The number of rotatable bonds is 7. The highest BCUT2D eigenvalue weighted by Crippen LogP contribution is 2.48. The predicted molar refractivity (Wildman–Crippen MR) is 251 cm³/mol. The van der Waals surface area contributed by atoms with Crippen molar-refractivity contribution < 1.29 is 8.83 Å². The van der Waals surface area contributed by atoms with Crippen LogP contribution in [0, 0.1) is 0 Å². The minimum Gasteiger partial charge on any atom is -0.455 e. The van der Waals surface area contributed by atoms with Gasteiger partial charge in [0.2, 0.25) is 0 Å². The van der Waals surface area contributed by atoms with Crippen LogP contribution >= 0.6 is 0 Å². The second-order valence-corrected chi connectivity index (χ2v) is 15.2. The summed E-state index contributed by atoms with van der Waals surface area (Å²) >= 11 is 0. The fourth-order valence-corrected chi connectivity index (χ4v) is 9.16. The second kappa shape index (κ2) is 13.8. The molecule has 2 heterocycles. The Kier molecular flexibility index (Phi) is 7.82. The molecule has 0 aliphatic heterocycles. The first kappa shape index (κ1) is 34.0. The van der Waals surface area contributed by atoms with Crippen LogP contribution in [0.15, 0.2) is 227 Å². The molecule has 0 saturated heterocycles. The average Bonchev–Trinajstić information content (AvgIpc) is 3.90. The molecule has 0 unspecified atom stereocenters. The lowest BCUT2D eigenvalue weighted by Crippen LogP contribution is -2.11. The van der Waals surface area contributed by atoms with E-state index in [1.165, 1.54) is 5.39 Å². The molecule has 12 rings (SSSR count). The molecule has 0 saturated carbocycles. The highest BCUT2D eigenvalue weighted by atomic mass is 16.3. The van der Waals surface area contributed by atoms with E-state index in [2.05, 4.69) is 216 Å². The van der Waals surface area contributed by atoms with Crippen molar-refractivity contribution in [3.05, 3.63) is 218 Å². The van der Waals surface area contributed by atoms with E-state index in [1.807, 2.05) is 12.1 Å². The Balaban J connectivity index is 1.10. The van der Waals surface area contributed by atoms with E-state index in [-0.39, 0.29) is 0 Å². The van der Waals surface area contributed by atoms with Crippen LogP contribution < -0.4 is 9.80 Å². The number of anilines is 6. The molecular weight excluding hydrogens is 733 g/mol. The molecule has 4 heteroatoms. The van der Waals surface area contributed by atoms with Gasteiger partial charge in [-0.3, -0.25) is 0 Å². The maximum absolute atomic E-state index is 7.02. The molecular formula is C56H36N2O2. The van der Waals surface area contributed by atoms with E-state index in [1.54, 1.807) is 0 Å². The number of hydrogen-bond acceptors (Lipinski definition) is 4. The molecule has 4 nitrogen and oxygen atoms in total. The van der Waals surface area contributed by atoms with E-state index in [0.29, 0.717) is 0 Å². The van der Waals surface area contributed by atoms with Crippen molar-refractivity contribution in [1.82, 2.24) is 0 Å². The lowest BCUT2D eigenvalue weighted by atomic mass is 9.95. The van der Waals surface area contributed by atoms with E-state index < -0.39 is 0 Å². The zero-order valence-corrected chi connectivity index (χ0v) is 32.5. The third kappa shape index (κ3) is 5.39. The third-order valence-electron chi connectivity index (χ3n) is 11.8. The van der Waals surface area contributed by atoms with Gasteiger partial charge in [0, 0.05) is 61.3 Å². The predicted octanol–water partition coefficient (Wildman–Crippen LogP) is 16.4. The van der Waals surface area contributed by atoms with Gasteiger partial charge < -0.3 is 18.6 Å². The van der Waals surface area contributed by atoms with Crippen molar-refractivity contribution in [2.75, 3.05) is 9.80 Å². The van der Waals surface area contributed by atoms with Crippen LogP contribution in [-0.4, -0.2) is 0 Å². The van der Waals surface area contributed by atoms with Crippen LogP contribution in [0.2, 0.25) is 0 Å². The highest BCUT2D eigenvalue weighted by molar-refractivity contribution is 6.30. The largest absolute Gasteiger partial charge is 0.455 e. The monoisotopic (exact) mass is 768 g/mol. The molecule has 0 aliphatic rings. The SMILES string of the molecule is c1ccc(-c2ccccc2N(c2ccc3c(c2)c2ccccc2c2c4ccc(N(c5ccccc5)c5ccccc5)cc4oc32)c2cccc3c2oc2ccccc23)cc1. The summed E-state index contributed by atoms with van der Waals surface area (Å²) in [4.78, 5) is 4.64. The second-order valence-electron chi connectivity index (χ2n) is 15.2. The maximum atomic E-state index is 7.02.